The number of hydrogen-bond acceptors (Lipinski definition) is 5. The van der Waals surface area contributed by atoms with Crippen molar-refractivity contribution in [1.29, 1.82) is 0 Å². The van der Waals surface area contributed by atoms with E-state index >= 15 is 0 Å². The number of rotatable bonds is 4. The van der Waals surface area contributed by atoms with Crippen LogP contribution >= 0.6 is 0 Å². The first kappa shape index (κ1) is 14.1. The van der Waals surface area contributed by atoms with Crippen LogP contribution in [0.1, 0.15) is 45.6 Å². The van der Waals surface area contributed by atoms with Crippen LogP contribution in [0.2, 0.25) is 0 Å². The van der Waals surface area contributed by atoms with E-state index in [0.29, 0.717) is 6.04 Å². The average Bonchev–Trinajstić information content (AvgIpc) is 2.40. The van der Waals surface area contributed by atoms with Crippen LogP contribution in [-0.4, -0.2) is 22.6 Å². The van der Waals surface area contributed by atoms with E-state index in [0.717, 1.165) is 42.5 Å². The lowest BCUT2D eigenvalue weighted by atomic mass is 9.93. The smallest absolute Gasteiger partial charge is 0.148 e. The molecule has 1 aliphatic heterocycles. The van der Waals surface area contributed by atoms with Crippen LogP contribution in [0.3, 0.4) is 0 Å². The van der Waals surface area contributed by atoms with Crippen molar-refractivity contribution < 1.29 is 0 Å². The van der Waals surface area contributed by atoms with E-state index in [1.807, 2.05) is 0 Å². The zero-order valence-electron chi connectivity index (χ0n) is 12.2. The molecule has 2 heterocycles. The lowest BCUT2D eigenvalue weighted by molar-refractivity contribution is 0.375. The van der Waals surface area contributed by atoms with E-state index in [1.165, 1.54) is 12.8 Å². The number of hydrogen-bond donors (Lipinski definition) is 2. The van der Waals surface area contributed by atoms with Gasteiger partial charge in [-0.2, -0.15) is 0 Å². The van der Waals surface area contributed by atoms with Crippen molar-refractivity contribution in [3.8, 4) is 0 Å². The Morgan fingerprint density at radius 3 is 2.84 bits per heavy atom. The summed E-state index contributed by atoms with van der Waals surface area (Å²) in [6.45, 7) is 7.84. The lowest BCUT2D eigenvalue weighted by Crippen LogP contribution is -2.41. The minimum absolute atomic E-state index is 0.528. The molecule has 1 saturated heterocycles. The standard InChI is InChI=1S/C14H25N5/c1-4-5-12-13(18-15)16-9-17-14(12)19-7-6-10(2)8-11(19)3/h9-11H,4-8,15H2,1-3H3,(H,16,17,18). The molecule has 0 aliphatic carbocycles. The molecule has 2 unspecified atom stereocenters. The van der Waals surface area contributed by atoms with Crippen LogP contribution in [-0.2, 0) is 6.42 Å². The molecule has 3 N–H and O–H groups in total. The fourth-order valence-electron chi connectivity index (χ4n) is 2.98. The van der Waals surface area contributed by atoms with E-state index < -0.39 is 0 Å². The minimum atomic E-state index is 0.528. The van der Waals surface area contributed by atoms with Crippen LogP contribution in [0.5, 0.6) is 0 Å². The molecule has 0 spiro atoms. The fourth-order valence-corrected chi connectivity index (χ4v) is 2.98. The fraction of sp³-hybridized carbons (Fsp3) is 0.714. The van der Waals surface area contributed by atoms with Crippen molar-refractivity contribution in [3.63, 3.8) is 0 Å². The normalized spacial score (nSPS) is 23.5. The summed E-state index contributed by atoms with van der Waals surface area (Å²) in [5.41, 5.74) is 3.85. The number of nitrogen functional groups attached to an aromatic ring is 1. The van der Waals surface area contributed by atoms with Gasteiger partial charge in [-0.1, -0.05) is 20.3 Å². The third-order valence-corrected chi connectivity index (χ3v) is 3.97. The Bertz CT molecular complexity index is 420. The molecule has 0 bridgehead atoms. The van der Waals surface area contributed by atoms with Crippen LogP contribution in [0.25, 0.3) is 0 Å². The second-order valence-electron chi connectivity index (χ2n) is 5.59. The van der Waals surface area contributed by atoms with Crippen molar-refractivity contribution >= 4 is 11.6 Å². The summed E-state index contributed by atoms with van der Waals surface area (Å²) in [4.78, 5) is 11.2. The summed E-state index contributed by atoms with van der Waals surface area (Å²) in [5, 5.41) is 0. The molecule has 1 aromatic rings. The topological polar surface area (TPSA) is 67.1 Å². The van der Waals surface area contributed by atoms with Crippen LogP contribution in [0.4, 0.5) is 11.6 Å². The SMILES string of the molecule is CCCc1c(NN)ncnc1N1CCC(C)CC1C. The molecule has 0 radical (unpaired) electrons. The van der Waals surface area contributed by atoms with Gasteiger partial charge in [-0.3, -0.25) is 0 Å². The van der Waals surface area contributed by atoms with Gasteiger partial charge < -0.3 is 10.3 Å². The molecule has 106 valence electrons. The van der Waals surface area contributed by atoms with Crippen molar-refractivity contribution in [3.05, 3.63) is 11.9 Å². The quantitative estimate of drug-likeness (QED) is 0.644. The predicted molar refractivity (Wildman–Crippen MR) is 79.0 cm³/mol. The third-order valence-electron chi connectivity index (χ3n) is 3.97. The van der Waals surface area contributed by atoms with E-state index in [-0.39, 0.29) is 0 Å². The summed E-state index contributed by atoms with van der Waals surface area (Å²) < 4.78 is 0. The van der Waals surface area contributed by atoms with Gasteiger partial charge in [-0.15, -0.1) is 0 Å². The Labute approximate surface area is 115 Å². The van der Waals surface area contributed by atoms with Gasteiger partial charge >= 0.3 is 0 Å². The number of nitrogens with zero attached hydrogens (tertiary/aromatic N) is 3. The molecule has 1 aliphatic rings. The zero-order valence-corrected chi connectivity index (χ0v) is 12.2. The highest BCUT2D eigenvalue weighted by molar-refractivity contribution is 5.59. The lowest BCUT2D eigenvalue weighted by Gasteiger charge is -2.38. The molecule has 0 aromatic carbocycles. The van der Waals surface area contributed by atoms with Gasteiger partial charge in [0.1, 0.15) is 18.0 Å². The highest BCUT2D eigenvalue weighted by atomic mass is 15.3. The number of nitrogens with one attached hydrogen (secondary N) is 1. The Balaban J connectivity index is 2.32. The van der Waals surface area contributed by atoms with Crippen LogP contribution in [0, 0.1) is 5.92 Å². The highest BCUT2D eigenvalue weighted by Gasteiger charge is 2.26. The van der Waals surface area contributed by atoms with Gasteiger partial charge in [0, 0.05) is 18.2 Å². The first-order valence-corrected chi connectivity index (χ1v) is 7.24. The van der Waals surface area contributed by atoms with E-state index in [2.05, 4.69) is 41.1 Å². The number of nitrogens with two attached hydrogens (primary N) is 1. The summed E-state index contributed by atoms with van der Waals surface area (Å²) in [6, 6.07) is 0.528. The second kappa shape index (κ2) is 6.19. The van der Waals surface area contributed by atoms with Gasteiger partial charge in [-0.05, 0) is 32.1 Å². The maximum absolute atomic E-state index is 5.58. The largest absolute Gasteiger partial charge is 0.354 e. The van der Waals surface area contributed by atoms with Gasteiger partial charge in [-0.25, -0.2) is 15.8 Å². The van der Waals surface area contributed by atoms with E-state index in [9.17, 15) is 0 Å². The summed E-state index contributed by atoms with van der Waals surface area (Å²) >= 11 is 0. The minimum Gasteiger partial charge on any atom is -0.354 e. The molecule has 0 amide bonds. The molecule has 2 rings (SSSR count). The first-order chi connectivity index (χ1) is 9.17. The van der Waals surface area contributed by atoms with Crippen molar-refractivity contribution in [1.82, 2.24) is 9.97 Å². The van der Waals surface area contributed by atoms with Crippen LogP contribution in [0.15, 0.2) is 6.33 Å². The first-order valence-electron chi connectivity index (χ1n) is 7.24. The van der Waals surface area contributed by atoms with E-state index in [1.54, 1.807) is 6.33 Å². The third kappa shape index (κ3) is 2.97. The second-order valence-corrected chi connectivity index (χ2v) is 5.59. The number of piperidine rings is 1. The molecular weight excluding hydrogens is 238 g/mol. The molecule has 2 atom stereocenters. The molecule has 0 saturated carbocycles. The zero-order chi connectivity index (χ0) is 13.8. The Kier molecular flexibility index (Phi) is 4.58. The summed E-state index contributed by atoms with van der Waals surface area (Å²) in [6.07, 6.45) is 6.07. The van der Waals surface area contributed by atoms with Crippen molar-refractivity contribution in [2.75, 3.05) is 16.9 Å². The molecule has 5 nitrogen and oxygen atoms in total. The van der Waals surface area contributed by atoms with Crippen molar-refractivity contribution in [2.45, 2.75) is 52.5 Å². The van der Waals surface area contributed by atoms with Gasteiger partial charge in [0.05, 0.1) is 0 Å². The molecular formula is C14H25N5. The molecule has 1 aromatic heterocycles. The molecule has 19 heavy (non-hydrogen) atoms. The van der Waals surface area contributed by atoms with E-state index in [4.69, 9.17) is 5.84 Å². The van der Waals surface area contributed by atoms with Gasteiger partial charge in [0.25, 0.3) is 0 Å². The monoisotopic (exact) mass is 263 g/mol. The Morgan fingerprint density at radius 1 is 1.42 bits per heavy atom. The van der Waals surface area contributed by atoms with Gasteiger partial charge in [0.15, 0.2) is 0 Å². The predicted octanol–water partition coefficient (Wildman–Crippen LogP) is 2.34. The molecule has 1 fully saturated rings. The Hall–Kier alpha value is -1.36. The highest BCUT2D eigenvalue weighted by Crippen LogP contribution is 2.31. The maximum atomic E-state index is 5.58. The summed E-state index contributed by atoms with van der Waals surface area (Å²) in [7, 11) is 0. The number of anilines is 2. The average molecular weight is 263 g/mol. The number of hydrazine groups is 1. The number of aromatic nitrogens is 2. The van der Waals surface area contributed by atoms with Gasteiger partial charge in [0.2, 0.25) is 0 Å². The summed E-state index contributed by atoms with van der Waals surface area (Å²) in [5.74, 6) is 8.20. The maximum Gasteiger partial charge on any atom is 0.148 e. The Morgan fingerprint density at radius 2 is 2.21 bits per heavy atom. The molecule has 5 heteroatoms. The van der Waals surface area contributed by atoms with Crippen molar-refractivity contribution in [2.24, 2.45) is 11.8 Å². The van der Waals surface area contributed by atoms with Crippen LogP contribution < -0.4 is 16.2 Å².